The lowest BCUT2D eigenvalue weighted by molar-refractivity contribution is -0.158. The van der Waals surface area contributed by atoms with Gasteiger partial charge in [0.05, 0.1) is 13.2 Å². The van der Waals surface area contributed by atoms with Crippen molar-refractivity contribution in [3.63, 3.8) is 0 Å². The normalized spacial score (nSPS) is 22.3. The second kappa shape index (κ2) is 12.0. The topological polar surface area (TPSA) is 59.1 Å². The molecule has 0 aromatic heterocycles. The first-order valence-corrected chi connectivity index (χ1v) is 13.6. The number of methoxy groups -OCH3 is 1. The Morgan fingerprint density at radius 1 is 1.00 bits per heavy atom. The molecule has 1 saturated heterocycles. The lowest BCUT2D eigenvalue weighted by Crippen LogP contribution is -2.58. The zero-order valence-electron chi connectivity index (χ0n) is 21.8. The Labute approximate surface area is 210 Å². The van der Waals surface area contributed by atoms with Crippen molar-refractivity contribution in [1.29, 1.82) is 0 Å². The number of nitrogens with zero attached hydrogens (tertiary/aromatic N) is 2. The van der Waals surface area contributed by atoms with E-state index in [0.29, 0.717) is 18.0 Å². The van der Waals surface area contributed by atoms with Gasteiger partial charge in [0.25, 0.3) is 5.91 Å². The average molecular weight is 483 g/mol. The monoisotopic (exact) mass is 482 g/mol. The fraction of sp³-hybridized carbons (Fsp3) is 0.655. The van der Waals surface area contributed by atoms with Gasteiger partial charge in [0.1, 0.15) is 12.6 Å². The molecule has 1 aromatic rings. The Morgan fingerprint density at radius 2 is 1.77 bits per heavy atom. The molecular formula is C29H42N2O4. The minimum absolute atomic E-state index is 0.0126. The minimum Gasteiger partial charge on any atom is -0.493 e. The van der Waals surface area contributed by atoms with Crippen molar-refractivity contribution < 1.29 is 19.1 Å². The number of allylic oxidation sites excluding steroid dienone is 1. The smallest absolute Gasteiger partial charge is 0.250 e. The molecule has 192 valence electrons. The summed E-state index contributed by atoms with van der Waals surface area (Å²) in [4.78, 5) is 31.3. The van der Waals surface area contributed by atoms with Gasteiger partial charge in [-0.05, 0) is 76.5 Å². The van der Waals surface area contributed by atoms with E-state index < -0.39 is 6.04 Å². The third-order valence-corrected chi connectivity index (χ3v) is 7.65. The van der Waals surface area contributed by atoms with E-state index in [1.165, 1.54) is 31.3 Å². The molecule has 4 rings (SSSR count). The molecule has 6 nitrogen and oxygen atoms in total. The molecule has 2 aliphatic carbocycles. The van der Waals surface area contributed by atoms with E-state index in [1.807, 2.05) is 41.8 Å². The number of hydrogen-bond donors (Lipinski definition) is 0. The van der Waals surface area contributed by atoms with Gasteiger partial charge >= 0.3 is 0 Å². The molecule has 0 radical (unpaired) electrons. The largest absolute Gasteiger partial charge is 0.493 e. The molecule has 0 bridgehead atoms. The van der Waals surface area contributed by atoms with Crippen molar-refractivity contribution in [2.24, 2.45) is 0 Å². The van der Waals surface area contributed by atoms with Gasteiger partial charge in [0.2, 0.25) is 5.91 Å². The summed E-state index contributed by atoms with van der Waals surface area (Å²) in [5.41, 5.74) is 2.21. The zero-order valence-corrected chi connectivity index (χ0v) is 21.8. The maximum absolute atomic E-state index is 14.1. The van der Waals surface area contributed by atoms with Crippen LogP contribution in [0.1, 0.15) is 96.1 Å². The Bertz CT molecular complexity index is 917. The fourth-order valence-corrected chi connectivity index (χ4v) is 5.81. The summed E-state index contributed by atoms with van der Waals surface area (Å²) in [7, 11) is 1.62. The molecule has 0 N–H and O–H groups in total. The molecular weight excluding hydrogens is 440 g/mol. The predicted octanol–water partition coefficient (Wildman–Crippen LogP) is 5.81. The van der Waals surface area contributed by atoms with Crippen molar-refractivity contribution in [1.82, 2.24) is 9.80 Å². The zero-order chi connectivity index (χ0) is 24.8. The fourth-order valence-electron chi connectivity index (χ4n) is 5.81. The van der Waals surface area contributed by atoms with E-state index in [-0.39, 0.29) is 30.5 Å². The highest BCUT2D eigenvalue weighted by Gasteiger charge is 2.43. The molecule has 1 unspecified atom stereocenters. The second-order valence-corrected chi connectivity index (χ2v) is 10.5. The molecule has 1 atom stereocenters. The molecule has 1 aliphatic heterocycles. The van der Waals surface area contributed by atoms with Crippen LogP contribution in [0.3, 0.4) is 0 Å². The molecule has 1 heterocycles. The molecule has 1 aromatic carbocycles. The van der Waals surface area contributed by atoms with E-state index in [4.69, 9.17) is 9.47 Å². The van der Waals surface area contributed by atoms with Crippen LogP contribution < -0.4 is 9.47 Å². The second-order valence-electron chi connectivity index (χ2n) is 10.5. The first kappa shape index (κ1) is 25.6. The average Bonchev–Trinajstić information content (AvgIpc) is 3.14. The summed E-state index contributed by atoms with van der Waals surface area (Å²) < 4.78 is 11.5. The summed E-state index contributed by atoms with van der Waals surface area (Å²) in [5, 5.41) is 0. The maximum atomic E-state index is 14.1. The van der Waals surface area contributed by atoms with Crippen molar-refractivity contribution in [2.75, 3.05) is 20.2 Å². The van der Waals surface area contributed by atoms with Crippen LogP contribution in [0, 0.1) is 0 Å². The van der Waals surface area contributed by atoms with Gasteiger partial charge in [-0.2, -0.15) is 0 Å². The first-order chi connectivity index (χ1) is 17.0. The molecule has 2 amide bonds. The summed E-state index contributed by atoms with van der Waals surface area (Å²) in [5.74, 6) is 1.35. The van der Waals surface area contributed by atoms with Crippen molar-refractivity contribution in [3.8, 4) is 11.5 Å². The van der Waals surface area contributed by atoms with Gasteiger partial charge in [-0.1, -0.05) is 43.4 Å². The Balaban J connectivity index is 1.64. The highest BCUT2D eigenvalue weighted by molar-refractivity contribution is 5.96. The first-order valence-electron chi connectivity index (χ1n) is 13.6. The van der Waals surface area contributed by atoms with Crippen molar-refractivity contribution >= 4 is 11.8 Å². The highest BCUT2D eigenvalue weighted by Crippen LogP contribution is 2.37. The summed E-state index contributed by atoms with van der Waals surface area (Å²) in [6.45, 7) is 4.73. The maximum Gasteiger partial charge on any atom is 0.250 e. The highest BCUT2D eigenvalue weighted by atomic mass is 16.5. The number of hydrogen-bond acceptors (Lipinski definition) is 4. The molecule has 2 fully saturated rings. The van der Waals surface area contributed by atoms with Gasteiger partial charge < -0.3 is 19.3 Å². The van der Waals surface area contributed by atoms with Crippen LogP contribution in [0.2, 0.25) is 0 Å². The number of rotatable bonds is 8. The minimum atomic E-state index is -0.620. The SMILES string of the molecule is COc1cc(C2C(=O)N(C3CCCCCC3)CC(=O)N2CCC2=CCCCC2)ccc1OC(C)C. The van der Waals surface area contributed by atoms with Crippen LogP contribution in [-0.4, -0.2) is 54.0 Å². The van der Waals surface area contributed by atoms with Crippen LogP contribution in [-0.2, 0) is 9.59 Å². The third-order valence-electron chi connectivity index (χ3n) is 7.65. The van der Waals surface area contributed by atoms with E-state index in [2.05, 4.69) is 6.08 Å². The van der Waals surface area contributed by atoms with Crippen LogP contribution in [0.15, 0.2) is 29.8 Å². The predicted molar refractivity (Wildman–Crippen MR) is 138 cm³/mol. The number of ether oxygens (including phenoxy) is 2. The Morgan fingerprint density at radius 3 is 2.43 bits per heavy atom. The third kappa shape index (κ3) is 6.20. The van der Waals surface area contributed by atoms with E-state index in [1.54, 1.807) is 7.11 Å². The lowest BCUT2D eigenvalue weighted by Gasteiger charge is -2.44. The van der Waals surface area contributed by atoms with E-state index >= 15 is 0 Å². The lowest BCUT2D eigenvalue weighted by atomic mass is 9.94. The summed E-state index contributed by atoms with van der Waals surface area (Å²) in [6.07, 6.45) is 14.5. The van der Waals surface area contributed by atoms with Crippen LogP contribution in [0.25, 0.3) is 0 Å². The number of benzene rings is 1. The summed E-state index contributed by atoms with van der Waals surface area (Å²) in [6, 6.07) is 5.23. The van der Waals surface area contributed by atoms with Crippen molar-refractivity contribution in [2.45, 2.75) is 103 Å². The summed E-state index contributed by atoms with van der Waals surface area (Å²) >= 11 is 0. The Hall–Kier alpha value is -2.50. The van der Waals surface area contributed by atoms with Crippen LogP contribution in [0.5, 0.6) is 11.5 Å². The number of piperazine rings is 1. The van der Waals surface area contributed by atoms with Crippen LogP contribution in [0.4, 0.5) is 0 Å². The van der Waals surface area contributed by atoms with Crippen LogP contribution >= 0.6 is 0 Å². The number of amides is 2. The van der Waals surface area contributed by atoms with E-state index in [9.17, 15) is 9.59 Å². The van der Waals surface area contributed by atoms with Gasteiger partial charge in [0, 0.05) is 12.6 Å². The quantitative estimate of drug-likeness (QED) is 0.347. The van der Waals surface area contributed by atoms with Gasteiger partial charge in [-0.25, -0.2) is 0 Å². The molecule has 35 heavy (non-hydrogen) atoms. The number of carbonyl (C=O) groups is 2. The van der Waals surface area contributed by atoms with Gasteiger partial charge in [-0.3, -0.25) is 9.59 Å². The molecule has 6 heteroatoms. The van der Waals surface area contributed by atoms with Gasteiger partial charge in [-0.15, -0.1) is 0 Å². The number of carbonyl (C=O) groups excluding carboxylic acids is 2. The van der Waals surface area contributed by atoms with E-state index in [0.717, 1.165) is 50.5 Å². The van der Waals surface area contributed by atoms with Crippen molar-refractivity contribution in [3.05, 3.63) is 35.4 Å². The standard InChI is InChI=1S/C29H42N2O4/c1-21(2)35-25-16-15-23(19-26(25)34-3)28-29(33)31(24-13-9-4-5-10-14-24)20-27(32)30(28)18-17-22-11-7-6-8-12-22/h11,15-16,19,21,24,28H,4-10,12-14,17-18,20H2,1-3H3. The Kier molecular flexibility index (Phi) is 8.74. The molecule has 3 aliphatic rings. The molecule has 0 spiro atoms. The molecule has 1 saturated carbocycles. The van der Waals surface area contributed by atoms with Gasteiger partial charge in [0.15, 0.2) is 11.5 Å².